The lowest BCUT2D eigenvalue weighted by atomic mass is 9.84. The van der Waals surface area contributed by atoms with Crippen LogP contribution in [-0.4, -0.2) is 89.4 Å². The molecular weight excluding hydrogens is 382 g/mol. The van der Waals surface area contributed by atoms with Crippen LogP contribution in [0.1, 0.15) is 38.5 Å². The van der Waals surface area contributed by atoms with Gasteiger partial charge in [0.25, 0.3) is 0 Å². The Balaban J connectivity index is 2.82. The van der Waals surface area contributed by atoms with Crippen molar-refractivity contribution in [2.75, 3.05) is 13.2 Å². The third kappa shape index (κ3) is 6.91. The lowest BCUT2D eigenvalue weighted by molar-refractivity contribution is -0.144. The van der Waals surface area contributed by atoms with Gasteiger partial charge in [0.15, 0.2) is 0 Å². The van der Waals surface area contributed by atoms with Crippen molar-refractivity contribution in [3.05, 3.63) is 0 Å². The van der Waals surface area contributed by atoms with Gasteiger partial charge in [-0.25, -0.2) is 4.79 Å². The molecule has 0 spiro atoms. The van der Waals surface area contributed by atoms with Crippen LogP contribution >= 0.6 is 24.8 Å². The van der Waals surface area contributed by atoms with Crippen LogP contribution in [0.3, 0.4) is 0 Å². The predicted octanol–water partition coefficient (Wildman–Crippen LogP) is -0.637. The Morgan fingerprint density at radius 2 is 1.62 bits per heavy atom. The van der Waals surface area contributed by atoms with Crippen molar-refractivity contribution in [3.8, 4) is 0 Å². The first-order valence-electron chi connectivity index (χ1n) is 8.74. The molecule has 0 aromatic rings. The van der Waals surface area contributed by atoms with E-state index < -0.39 is 43.0 Å². The minimum absolute atomic E-state index is 0.0448. The Bertz CT molecular complexity index is 462. The lowest BCUT2D eigenvalue weighted by Gasteiger charge is -2.36. The van der Waals surface area contributed by atoms with E-state index in [0.717, 1.165) is 32.1 Å². The molecule has 1 saturated carbocycles. The van der Waals surface area contributed by atoms with Gasteiger partial charge < -0.3 is 35.5 Å². The molecule has 1 aliphatic rings. The molecule has 152 valence electrons. The second-order valence-corrected chi connectivity index (χ2v) is 7.94. The molecule has 0 bridgehead atoms. The number of hydrogen-bond donors (Lipinski definition) is 7. The highest BCUT2D eigenvalue weighted by atomic mass is 32.1. The summed E-state index contributed by atoms with van der Waals surface area (Å²) < 4.78 is -0.0448. The summed E-state index contributed by atoms with van der Waals surface area (Å²) >= 11 is 9.06. The molecule has 6 N–H and O–H groups in total. The average Bonchev–Trinajstić information content (AvgIpc) is 2.62. The Morgan fingerprint density at radius 1 is 1.08 bits per heavy atom. The number of nitrogens with zero attached hydrogens (tertiary/aromatic N) is 1. The number of carboxylic acid groups (broad SMARTS) is 1. The molecule has 1 fully saturated rings. The zero-order chi connectivity index (χ0) is 19.9. The van der Waals surface area contributed by atoms with Gasteiger partial charge in [-0.3, -0.25) is 0 Å². The molecule has 5 atom stereocenters. The smallest absolute Gasteiger partial charge is 0.326 e. The maximum absolute atomic E-state index is 11.8. The summed E-state index contributed by atoms with van der Waals surface area (Å²) in [6.45, 7) is -1.17. The van der Waals surface area contributed by atoms with Gasteiger partial charge in [-0.2, -0.15) is 0 Å². The first-order chi connectivity index (χ1) is 12.2. The predicted molar refractivity (Wildman–Crippen MR) is 102 cm³/mol. The van der Waals surface area contributed by atoms with E-state index in [1.165, 1.54) is 4.90 Å². The molecule has 0 aliphatic heterocycles. The highest BCUT2D eigenvalue weighted by Crippen LogP contribution is 2.29. The third-order valence-corrected chi connectivity index (χ3v) is 5.39. The van der Waals surface area contributed by atoms with Crippen LogP contribution in [0.4, 0.5) is 0 Å². The molecule has 8 nitrogen and oxygen atoms in total. The lowest BCUT2D eigenvalue weighted by Crippen LogP contribution is -2.53. The van der Waals surface area contributed by atoms with E-state index in [0.29, 0.717) is 6.42 Å². The standard InChI is InChI=1S/C16H29NO7S2/c18-8-12(20)14(22)13(21)11(19)7-17(16(25)26)10(15(23)24)6-9-4-2-1-3-5-9/h9-14,18-22H,1-8H2,(H,23,24)(H,25,26). The Kier molecular flexibility index (Phi) is 10.3. The van der Waals surface area contributed by atoms with Gasteiger partial charge in [-0.05, 0) is 12.3 Å². The monoisotopic (exact) mass is 411 g/mol. The number of aliphatic hydroxyl groups excluding tert-OH is 5. The van der Waals surface area contributed by atoms with Gasteiger partial charge in [0, 0.05) is 6.54 Å². The van der Waals surface area contributed by atoms with E-state index in [9.17, 15) is 30.3 Å². The topological polar surface area (TPSA) is 142 Å². The molecule has 0 radical (unpaired) electrons. The fraction of sp³-hybridized carbons (Fsp3) is 0.875. The summed E-state index contributed by atoms with van der Waals surface area (Å²) in [5.41, 5.74) is 0. The summed E-state index contributed by atoms with van der Waals surface area (Å²) in [6, 6.07) is -1.01. The van der Waals surface area contributed by atoms with Crippen molar-refractivity contribution in [1.29, 1.82) is 0 Å². The van der Waals surface area contributed by atoms with Crippen molar-refractivity contribution in [1.82, 2.24) is 4.90 Å². The number of carboxylic acids is 1. The maximum Gasteiger partial charge on any atom is 0.326 e. The van der Waals surface area contributed by atoms with Gasteiger partial charge in [-0.15, -0.1) is 12.6 Å². The minimum atomic E-state index is -1.79. The Morgan fingerprint density at radius 3 is 2.08 bits per heavy atom. The summed E-state index contributed by atoms with van der Waals surface area (Å²) in [7, 11) is 0. The number of hydrogen-bond acceptors (Lipinski definition) is 7. The van der Waals surface area contributed by atoms with Gasteiger partial charge in [0.2, 0.25) is 0 Å². The first kappa shape index (κ1) is 23.5. The summed E-state index contributed by atoms with van der Waals surface area (Å²) in [6.07, 6.45) is -1.34. The van der Waals surface area contributed by atoms with Crippen LogP contribution in [-0.2, 0) is 4.79 Å². The van der Waals surface area contributed by atoms with Crippen LogP contribution in [0.25, 0.3) is 0 Å². The zero-order valence-electron chi connectivity index (χ0n) is 14.5. The molecular formula is C16H29NO7S2. The fourth-order valence-electron chi connectivity index (χ4n) is 3.31. The van der Waals surface area contributed by atoms with E-state index in [1.807, 2.05) is 0 Å². The van der Waals surface area contributed by atoms with Crippen LogP contribution in [0.15, 0.2) is 0 Å². The normalized spacial score (nSPS) is 21.5. The quantitative estimate of drug-likeness (QED) is 0.185. The van der Waals surface area contributed by atoms with E-state index in [4.69, 9.17) is 17.3 Å². The van der Waals surface area contributed by atoms with Crippen molar-refractivity contribution in [2.24, 2.45) is 5.92 Å². The second kappa shape index (κ2) is 11.4. The maximum atomic E-state index is 11.8. The van der Waals surface area contributed by atoms with Gasteiger partial charge >= 0.3 is 5.97 Å². The Labute approximate surface area is 163 Å². The number of rotatable bonds is 10. The zero-order valence-corrected chi connectivity index (χ0v) is 16.2. The SMILES string of the molecule is O=C(O)C(CC1CCCCC1)N(CC(O)C(O)C(O)C(O)CO)C(=S)S. The van der Waals surface area contributed by atoms with E-state index in [-0.39, 0.29) is 16.8 Å². The van der Waals surface area contributed by atoms with Crippen LogP contribution in [0, 0.1) is 5.92 Å². The molecule has 26 heavy (non-hydrogen) atoms. The van der Waals surface area contributed by atoms with E-state index in [1.54, 1.807) is 0 Å². The van der Waals surface area contributed by atoms with Gasteiger partial charge in [-0.1, -0.05) is 44.3 Å². The number of aliphatic hydroxyl groups is 5. The number of thiol groups is 1. The molecule has 10 heteroatoms. The van der Waals surface area contributed by atoms with Crippen molar-refractivity contribution < 1.29 is 35.4 Å². The van der Waals surface area contributed by atoms with Crippen molar-refractivity contribution in [2.45, 2.75) is 69.0 Å². The molecule has 1 aliphatic carbocycles. The summed E-state index contributed by atoms with van der Waals surface area (Å²) in [5, 5.41) is 57.6. The van der Waals surface area contributed by atoms with Gasteiger partial charge in [0.05, 0.1) is 6.61 Å². The molecule has 0 saturated heterocycles. The highest BCUT2D eigenvalue weighted by molar-refractivity contribution is 8.10. The molecule has 0 amide bonds. The van der Waals surface area contributed by atoms with E-state index in [2.05, 4.69) is 12.6 Å². The number of aliphatic carboxylic acids is 1. The van der Waals surface area contributed by atoms with Crippen molar-refractivity contribution >= 4 is 35.1 Å². The molecule has 5 unspecified atom stereocenters. The average molecular weight is 412 g/mol. The van der Waals surface area contributed by atoms with Gasteiger partial charge in [0.1, 0.15) is 34.8 Å². The highest BCUT2D eigenvalue weighted by Gasteiger charge is 2.35. The van der Waals surface area contributed by atoms with Crippen molar-refractivity contribution in [3.63, 3.8) is 0 Å². The summed E-state index contributed by atoms with van der Waals surface area (Å²) in [4.78, 5) is 13.0. The minimum Gasteiger partial charge on any atom is -0.480 e. The Hall–Kier alpha value is -0.490. The molecule has 0 heterocycles. The molecule has 0 aromatic carbocycles. The molecule has 1 rings (SSSR count). The number of carbonyl (C=O) groups is 1. The van der Waals surface area contributed by atoms with E-state index >= 15 is 0 Å². The molecule has 0 aromatic heterocycles. The number of thiocarbonyl (C=S) groups is 1. The fourth-order valence-corrected chi connectivity index (χ4v) is 3.73. The largest absolute Gasteiger partial charge is 0.480 e. The first-order valence-corrected chi connectivity index (χ1v) is 9.60. The van der Waals surface area contributed by atoms with Crippen LogP contribution < -0.4 is 0 Å². The second-order valence-electron chi connectivity index (χ2n) is 6.83. The van der Waals surface area contributed by atoms with Crippen LogP contribution in [0.5, 0.6) is 0 Å². The summed E-state index contributed by atoms with van der Waals surface area (Å²) in [5.74, 6) is -0.872. The van der Waals surface area contributed by atoms with Crippen LogP contribution in [0.2, 0.25) is 0 Å². The third-order valence-electron chi connectivity index (χ3n) is 4.90.